The predicted octanol–water partition coefficient (Wildman–Crippen LogP) is 4.38. The summed E-state index contributed by atoms with van der Waals surface area (Å²) in [6.45, 7) is 0. The summed E-state index contributed by atoms with van der Waals surface area (Å²) in [5, 5.41) is 13.8. The van der Waals surface area contributed by atoms with Crippen LogP contribution in [-0.2, 0) is 0 Å². The molecule has 0 aliphatic rings. The number of halogens is 2. The fraction of sp³-hybridized carbons (Fsp3) is 0. The standard InChI is InChI=1S/C15H10Cl2N2O3/c16-11-3-1-2-10(8-11)15(20)13-9-12(17)4-5-14(13)18-6-7-19(21)22/h1-9,18H. The van der Waals surface area contributed by atoms with Gasteiger partial charge in [-0.2, -0.15) is 0 Å². The maximum atomic E-state index is 12.6. The summed E-state index contributed by atoms with van der Waals surface area (Å²) in [5.41, 5.74) is 1.10. The maximum Gasteiger partial charge on any atom is 0.250 e. The Morgan fingerprint density at radius 2 is 1.86 bits per heavy atom. The number of carbonyl (C=O) groups is 1. The largest absolute Gasteiger partial charge is 0.356 e. The van der Waals surface area contributed by atoms with E-state index in [1.165, 1.54) is 6.07 Å². The third kappa shape index (κ3) is 4.07. The highest BCUT2D eigenvalue weighted by Crippen LogP contribution is 2.24. The zero-order valence-corrected chi connectivity index (χ0v) is 12.6. The van der Waals surface area contributed by atoms with E-state index < -0.39 is 4.92 Å². The van der Waals surface area contributed by atoms with Gasteiger partial charge in [-0.3, -0.25) is 14.9 Å². The molecule has 22 heavy (non-hydrogen) atoms. The maximum absolute atomic E-state index is 12.6. The number of anilines is 1. The van der Waals surface area contributed by atoms with Crippen LogP contribution in [0.5, 0.6) is 0 Å². The first-order valence-electron chi connectivity index (χ1n) is 6.14. The molecule has 5 nitrogen and oxygen atoms in total. The van der Waals surface area contributed by atoms with Crippen LogP contribution in [0.3, 0.4) is 0 Å². The number of carbonyl (C=O) groups excluding carboxylic acids is 1. The SMILES string of the molecule is O=C(c1cccc(Cl)c1)c1cc(Cl)ccc1NC=C[N+](=O)[O-]. The number of rotatable bonds is 5. The monoisotopic (exact) mass is 336 g/mol. The van der Waals surface area contributed by atoms with E-state index in [9.17, 15) is 14.9 Å². The third-order valence-electron chi connectivity index (χ3n) is 2.75. The lowest BCUT2D eigenvalue weighted by atomic mass is 10.0. The topological polar surface area (TPSA) is 72.2 Å². The molecule has 2 aromatic rings. The second-order valence-electron chi connectivity index (χ2n) is 4.27. The third-order valence-corrected chi connectivity index (χ3v) is 3.22. The molecule has 2 rings (SSSR count). The highest BCUT2D eigenvalue weighted by Gasteiger charge is 2.14. The summed E-state index contributed by atoms with van der Waals surface area (Å²) in [6.07, 6.45) is 1.88. The van der Waals surface area contributed by atoms with Crippen molar-refractivity contribution < 1.29 is 9.72 Å². The van der Waals surface area contributed by atoms with Crippen molar-refractivity contribution in [1.82, 2.24) is 0 Å². The Labute approximate surface area is 136 Å². The minimum atomic E-state index is -0.610. The molecule has 1 N–H and O–H groups in total. The van der Waals surface area contributed by atoms with Crippen LogP contribution in [0, 0.1) is 10.1 Å². The number of nitrogens with zero attached hydrogens (tertiary/aromatic N) is 1. The summed E-state index contributed by atoms with van der Waals surface area (Å²) in [4.78, 5) is 22.2. The van der Waals surface area contributed by atoms with Gasteiger partial charge < -0.3 is 5.32 Å². The zero-order chi connectivity index (χ0) is 16.1. The van der Waals surface area contributed by atoms with Crippen molar-refractivity contribution in [3.8, 4) is 0 Å². The Hall–Kier alpha value is -2.37. The van der Waals surface area contributed by atoms with Gasteiger partial charge in [-0.15, -0.1) is 0 Å². The number of hydrogen-bond acceptors (Lipinski definition) is 4. The fourth-order valence-electron chi connectivity index (χ4n) is 1.80. The molecule has 0 spiro atoms. The van der Waals surface area contributed by atoms with E-state index in [0.717, 1.165) is 12.4 Å². The molecule has 0 saturated carbocycles. The Bertz CT molecular complexity index is 760. The quantitative estimate of drug-likeness (QED) is 0.499. The average molecular weight is 337 g/mol. The smallest absolute Gasteiger partial charge is 0.250 e. The van der Waals surface area contributed by atoms with Crippen LogP contribution in [0.1, 0.15) is 15.9 Å². The average Bonchev–Trinajstić information content (AvgIpc) is 2.47. The molecule has 112 valence electrons. The summed E-state index contributed by atoms with van der Waals surface area (Å²) in [5.74, 6) is -0.290. The van der Waals surface area contributed by atoms with Crippen LogP contribution in [0.4, 0.5) is 5.69 Å². The molecule has 0 aliphatic carbocycles. The van der Waals surface area contributed by atoms with Gasteiger partial charge in [0.05, 0.1) is 11.1 Å². The van der Waals surface area contributed by atoms with Gasteiger partial charge in [-0.25, -0.2) is 0 Å². The van der Waals surface area contributed by atoms with Crippen molar-refractivity contribution in [1.29, 1.82) is 0 Å². The summed E-state index contributed by atoms with van der Waals surface area (Å²) in [7, 11) is 0. The van der Waals surface area contributed by atoms with Crippen molar-refractivity contribution in [2.75, 3.05) is 5.32 Å². The van der Waals surface area contributed by atoms with Crippen LogP contribution < -0.4 is 5.32 Å². The number of nitrogens with one attached hydrogen (secondary N) is 1. The molecule has 0 aromatic heterocycles. The molecule has 2 aromatic carbocycles. The molecule has 0 radical (unpaired) electrons. The molecule has 0 aliphatic heterocycles. The molecule has 7 heteroatoms. The van der Waals surface area contributed by atoms with Gasteiger partial charge in [0.1, 0.15) is 0 Å². The van der Waals surface area contributed by atoms with E-state index in [1.807, 2.05) is 0 Å². The lowest BCUT2D eigenvalue weighted by Crippen LogP contribution is -2.05. The molecule has 0 amide bonds. The minimum Gasteiger partial charge on any atom is -0.356 e. The van der Waals surface area contributed by atoms with E-state index in [4.69, 9.17) is 23.2 Å². The molecule has 0 fully saturated rings. The minimum absolute atomic E-state index is 0.290. The number of hydrogen-bond donors (Lipinski definition) is 1. The van der Waals surface area contributed by atoms with Gasteiger partial charge in [-0.05, 0) is 30.3 Å². The van der Waals surface area contributed by atoms with E-state index in [2.05, 4.69) is 5.32 Å². The Morgan fingerprint density at radius 3 is 2.55 bits per heavy atom. The molecule has 0 unspecified atom stereocenters. The second kappa shape index (κ2) is 7.06. The van der Waals surface area contributed by atoms with E-state index in [-0.39, 0.29) is 5.78 Å². The Morgan fingerprint density at radius 1 is 1.14 bits per heavy atom. The van der Waals surface area contributed by atoms with Gasteiger partial charge in [-0.1, -0.05) is 35.3 Å². The second-order valence-corrected chi connectivity index (χ2v) is 5.15. The van der Waals surface area contributed by atoms with Crippen LogP contribution >= 0.6 is 23.2 Å². The number of benzene rings is 2. The van der Waals surface area contributed by atoms with Crippen molar-refractivity contribution >= 4 is 34.7 Å². The number of ketones is 1. The zero-order valence-electron chi connectivity index (χ0n) is 11.1. The lowest BCUT2D eigenvalue weighted by molar-refractivity contribution is -0.402. The molecule has 0 atom stereocenters. The summed E-state index contributed by atoms with van der Waals surface area (Å²) in [6, 6.07) is 11.2. The first kappa shape index (κ1) is 16.0. The summed E-state index contributed by atoms with van der Waals surface area (Å²) < 4.78 is 0. The summed E-state index contributed by atoms with van der Waals surface area (Å²) >= 11 is 11.8. The van der Waals surface area contributed by atoms with Crippen molar-refractivity contribution in [2.45, 2.75) is 0 Å². The molecule has 0 bridgehead atoms. The van der Waals surface area contributed by atoms with Crippen LogP contribution in [-0.4, -0.2) is 10.7 Å². The van der Waals surface area contributed by atoms with Crippen molar-refractivity contribution in [2.24, 2.45) is 0 Å². The van der Waals surface area contributed by atoms with Gasteiger partial charge in [0.25, 0.3) is 0 Å². The highest BCUT2D eigenvalue weighted by molar-refractivity contribution is 6.32. The highest BCUT2D eigenvalue weighted by atomic mass is 35.5. The van der Waals surface area contributed by atoms with Gasteiger partial charge in [0.15, 0.2) is 5.78 Å². The molecular formula is C15H10Cl2N2O3. The van der Waals surface area contributed by atoms with Crippen molar-refractivity contribution in [3.05, 3.63) is 86.2 Å². The first-order chi connectivity index (χ1) is 10.5. The molecule has 0 saturated heterocycles. The van der Waals surface area contributed by atoms with Gasteiger partial charge in [0.2, 0.25) is 6.20 Å². The van der Waals surface area contributed by atoms with Crippen LogP contribution in [0.25, 0.3) is 0 Å². The van der Waals surface area contributed by atoms with Gasteiger partial charge in [0, 0.05) is 26.9 Å². The van der Waals surface area contributed by atoms with Crippen LogP contribution in [0.15, 0.2) is 54.9 Å². The van der Waals surface area contributed by atoms with E-state index in [0.29, 0.717) is 26.9 Å². The molecule has 0 heterocycles. The normalized spacial score (nSPS) is 10.6. The van der Waals surface area contributed by atoms with E-state index in [1.54, 1.807) is 36.4 Å². The van der Waals surface area contributed by atoms with Crippen molar-refractivity contribution in [3.63, 3.8) is 0 Å². The predicted molar refractivity (Wildman–Crippen MR) is 86.1 cm³/mol. The molecular weight excluding hydrogens is 327 g/mol. The Kier molecular flexibility index (Phi) is 5.14. The van der Waals surface area contributed by atoms with E-state index >= 15 is 0 Å². The fourth-order valence-corrected chi connectivity index (χ4v) is 2.17. The van der Waals surface area contributed by atoms with Gasteiger partial charge >= 0.3 is 0 Å². The lowest BCUT2D eigenvalue weighted by Gasteiger charge is -2.09. The van der Waals surface area contributed by atoms with Crippen LogP contribution in [0.2, 0.25) is 10.0 Å². The first-order valence-corrected chi connectivity index (χ1v) is 6.89. The Balaban J connectivity index is 2.38. The number of nitro groups is 1.